The van der Waals surface area contributed by atoms with Crippen molar-refractivity contribution in [3.05, 3.63) is 23.8 Å². The summed E-state index contributed by atoms with van der Waals surface area (Å²) in [5.41, 5.74) is 6.87. The molecule has 2 aromatic heterocycles. The summed E-state index contributed by atoms with van der Waals surface area (Å²) in [4.78, 5) is 4.24. The minimum absolute atomic E-state index is 0.193. The monoisotopic (exact) mass is 221 g/mol. The Balaban J connectivity index is 2.23. The Hall–Kier alpha value is -1.62. The third kappa shape index (κ3) is 1.99. The predicted molar refractivity (Wildman–Crippen MR) is 58.6 cm³/mol. The Bertz CT molecular complexity index is 461. The van der Waals surface area contributed by atoms with E-state index in [0.29, 0.717) is 17.5 Å². The van der Waals surface area contributed by atoms with Crippen LogP contribution in [0.3, 0.4) is 0 Å². The van der Waals surface area contributed by atoms with Gasteiger partial charge in [0.15, 0.2) is 5.76 Å². The molecule has 1 atom stereocenters. The highest BCUT2D eigenvalue weighted by Gasteiger charge is 2.17. The van der Waals surface area contributed by atoms with Crippen LogP contribution in [0, 0.1) is 6.92 Å². The summed E-state index contributed by atoms with van der Waals surface area (Å²) in [5, 5.41) is 3.86. The quantitative estimate of drug-likeness (QED) is 0.857. The SMILES string of the molecule is CCC[C@@H](N)c1nc(-c2occc2C)no1. The normalized spacial score (nSPS) is 12.9. The van der Waals surface area contributed by atoms with Crippen molar-refractivity contribution in [2.45, 2.75) is 32.7 Å². The molecule has 0 amide bonds. The first-order valence-electron chi connectivity index (χ1n) is 5.36. The van der Waals surface area contributed by atoms with E-state index >= 15 is 0 Å². The van der Waals surface area contributed by atoms with Gasteiger partial charge in [-0.2, -0.15) is 4.98 Å². The fourth-order valence-electron chi connectivity index (χ4n) is 1.51. The molecule has 0 saturated heterocycles. The fourth-order valence-corrected chi connectivity index (χ4v) is 1.51. The van der Waals surface area contributed by atoms with Gasteiger partial charge in [0, 0.05) is 0 Å². The van der Waals surface area contributed by atoms with Crippen LogP contribution < -0.4 is 5.73 Å². The molecule has 0 aliphatic rings. The standard InChI is InChI=1S/C11H15N3O2/c1-3-4-8(12)11-13-10(14-16-11)9-7(2)5-6-15-9/h5-6,8H,3-4,12H2,1-2H3/t8-/m1/s1. The minimum Gasteiger partial charge on any atom is -0.461 e. The molecule has 0 aliphatic carbocycles. The molecule has 5 nitrogen and oxygen atoms in total. The molecule has 2 rings (SSSR count). The second kappa shape index (κ2) is 4.49. The van der Waals surface area contributed by atoms with Crippen molar-refractivity contribution in [2.75, 3.05) is 0 Å². The molecule has 0 fully saturated rings. The van der Waals surface area contributed by atoms with Gasteiger partial charge in [0.1, 0.15) is 0 Å². The number of hydrogen-bond donors (Lipinski definition) is 1. The van der Waals surface area contributed by atoms with E-state index in [9.17, 15) is 0 Å². The van der Waals surface area contributed by atoms with Gasteiger partial charge in [-0.3, -0.25) is 0 Å². The summed E-state index contributed by atoms with van der Waals surface area (Å²) < 4.78 is 10.4. The molecule has 16 heavy (non-hydrogen) atoms. The molecule has 2 aromatic rings. The first kappa shape index (κ1) is 10.9. The van der Waals surface area contributed by atoms with E-state index in [2.05, 4.69) is 17.1 Å². The molecule has 86 valence electrons. The number of rotatable bonds is 4. The Labute approximate surface area is 93.6 Å². The van der Waals surface area contributed by atoms with Crippen molar-refractivity contribution in [1.29, 1.82) is 0 Å². The zero-order valence-electron chi connectivity index (χ0n) is 9.43. The molecule has 0 aliphatic heterocycles. The number of furan rings is 1. The first-order valence-corrected chi connectivity index (χ1v) is 5.36. The molecule has 0 saturated carbocycles. The van der Waals surface area contributed by atoms with Crippen molar-refractivity contribution in [2.24, 2.45) is 5.73 Å². The van der Waals surface area contributed by atoms with Crippen LogP contribution in [0.15, 0.2) is 21.3 Å². The second-order valence-electron chi connectivity index (χ2n) is 3.78. The van der Waals surface area contributed by atoms with E-state index in [-0.39, 0.29) is 6.04 Å². The van der Waals surface area contributed by atoms with E-state index in [1.54, 1.807) is 6.26 Å². The number of aromatic nitrogens is 2. The van der Waals surface area contributed by atoms with Crippen molar-refractivity contribution in [1.82, 2.24) is 10.1 Å². The zero-order chi connectivity index (χ0) is 11.5. The van der Waals surface area contributed by atoms with Crippen LogP contribution >= 0.6 is 0 Å². The lowest BCUT2D eigenvalue weighted by molar-refractivity contribution is 0.347. The van der Waals surface area contributed by atoms with Crippen LogP contribution in [0.2, 0.25) is 0 Å². The minimum atomic E-state index is -0.193. The Morgan fingerprint density at radius 1 is 1.50 bits per heavy atom. The maximum Gasteiger partial charge on any atom is 0.243 e. The molecule has 2 heterocycles. The summed E-state index contributed by atoms with van der Waals surface area (Å²) in [7, 11) is 0. The van der Waals surface area contributed by atoms with E-state index in [4.69, 9.17) is 14.7 Å². The Morgan fingerprint density at radius 2 is 2.31 bits per heavy atom. The third-order valence-corrected chi connectivity index (χ3v) is 2.42. The predicted octanol–water partition coefficient (Wildman–Crippen LogP) is 2.44. The van der Waals surface area contributed by atoms with Gasteiger partial charge in [0.25, 0.3) is 0 Å². The van der Waals surface area contributed by atoms with Crippen LogP contribution in [0.1, 0.15) is 37.3 Å². The lowest BCUT2D eigenvalue weighted by Crippen LogP contribution is -2.09. The number of aryl methyl sites for hydroxylation is 1. The molecule has 0 unspecified atom stereocenters. The molecule has 5 heteroatoms. The first-order chi connectivity index (χ1) is 7.72. The van der Waals surface area contributed by atoms with Crippen molar-refractivity contribution in [3.8, 4) is 11.6 Å². The molecule has 0 bridgehead atoms. The van der Waals surface area contributed by atoms with Gasteiger partial charge >= 0.3 is 0 Å². The van der Waals surface area contributed by atoms with E-state index in [1.165, 1.54) is 0 Å². The van der Waals surface area contributed by atoms with Crippen molar-refractivity contribution < 1.29 is 8.94 Å². The van der Waals surface area contributed by atoms with Crippen LogP contribution in [0.5, 0.6) is 0 Å². The lowest BCUT2D eigenvalue weighted by atomic mass is 10.2. The van der Waals surface area contributed by atoms with Gasteiger partial charge in [-0.1, -0.05) is 18.5 Å². The average Bonchev–Trinajstić information content (AvgIpc) is 2.86. The highest BCUT2D eigenvalue weighted by atomic mass is 16.5. The number of nitrogens with zero attached hydrogens (tertiary/aromatic N) is 2. The van der Waals surface area contributed by atoms with Crippen LogP contribution in [0.25, 0.3) is 11.6 Å². The molecule has 0 spiro atoms. The maximum absolute atomic E-state index is 5.88. The van der Waals surface area contributed by atoms with Crippen LogP contribution in [0.4, 0.5) is 0 Å². The van der Waals surface area contributed by atoms with Gasteiger partial charge in [0.05, 0.1) is 12.3 Å². The fraction of sp³-hybridized carbons (Fsp3) is 0.455. The summed E-state index contributed by atoms with van der Waals surface area (Å²) in [5.74, 6) is 1.57. The van der Waals surface area contributed by atoms with Crippen molar-refractivity contribution >= 4 is 0 Å². The van der Waals surface area contributed by atoms with E-state index in [1.807, 2.05) is 13.0 Å². The smallest absolute Gasteiger partial charge is 0.243 e. The topological polar surface area (TPSA) is 78.1 Å². The van der Waals surface area contributed by atoms with Gasteiger partial charge in [-0.25, -0.2) is 0 Å². The molecule has 0 radical (unpaired) electrons. The summed E-state index contributed by atoms with van der Waals surface area (Å²) in [6, 6.07) is 1.67. The zero-order valence-corrected chi connectivity index (χ0v) is 9.43. The Morgan fingerprint density at radius 3 is 2.94 bits per heavy atom. The molecular formula is C11H15N3O2. The largest absolute Gasteiger partial charge is 0.461 e. The molecular weight excluding hydrogens is 206 g/mol. The molecule has 0 aromatic carbocycles. The highest BCUT2D eigenvalue weighted by molar-refractivity contribution is 5.50. The van der Waals surface area contributed by atoms with Gasteiger partial charge in [-0.15, -0.1) is 0 Å². The second-order valence-corrected chi connectivity index (χ2v) is 3.78. The third-order valence-electron chi connectivity index (χ3n) is 2.42. The van der Waals surface area contributed by atoms with Crippen LogP contribution in [-0.4, -0.2) is 10.1 Å². The number of nitrogens with two attached hydrogens (primary N) is 1. The van der Waals surface area contributed by atoms with Crippen LogP contribution in [-0.2, 0) is 0 Å². The summed E-state index contributed by atoms with van der Waals surface area (Å²) >= 11 is 0. The number of hydrogen-bond acceptors (Lipinski definition) is 5. The highest BCUT2D eigenvalue weighted by Crippen LogP contribution is 2.23. The summed E-state index contributed by atoms with van der Waals surface area (Å²) in [6.45, 7) is 3.99. The average molecular weight is 221 g/mol. The lowest BCUT2D eigenvalue weighted by Gasteiger charge is -2.01. The Kier molecular flexibility index (Phi) is 3.05. The van der Waals surface area contributed by atoms with Gasteiger partial charge < -0.3 is 14.7 Å². The summed E-state index contributed by atoms with van der Waals surface area (Å²) in [6.07, 6.45) is 3.42. The van der Waals surface area contributed by atoms with E-state index in [0.717, 1.165) is 18.4 Å². The molecule has 2 N–H and O–H groups in total. The van der Waals surface area contributed by atoms with Gasteiger partial charge in [0.2, 0.25) is 11.7 Å². The van der Waals surface area contributed by atoms with Crippen molar-refractivity contribution in [3.63, 3.8) is 0 Å². The van der Waals surface area contributed by atoms with Gasteiger partial charge in [-0.05, 0) is 25.0 Å². The van der Waals surface area contributed by atoms with E-state index < -0.39 is 0 Å². The maximum atomic E-state index is 5.88.